The van der Waals surface area contributed by atoms with Crippen LogP contribution in [0.4, 0.5) is 0 Å². The second-order valence-corrected chi connectivity index (χ2v) is 5.13. The average Bonchev–Trinajstić information content (AvgIpc) is 2.96. The van der Waals surface area contributed by atoms with Gasteiger partial charge in [0.15, 0.2) is 5.65 Å². The molecule has 0 aliphatic carbocycles. The first-order chi connectivity index (χ1) is 8.79. The van der Waals surface area contributed by atoms with E-state index in [1.807, 2.05) is 22.8 Å². The number of rotatable bonds is 3. The molecule has 3 heterocycles. The van der Waals surface area contributed by atoms with Gasteiger partial charge in [-0.25, -0.2) is 9.50 Å². The molecule has 0 saturated carbocycles. The third kappa shape index (κ3) is 1.81. The van der Waals surface area contributed by atoms with Crippen LogP contribution in [-0.4, -0.2) is 21.1 Å². The van der Waals surface area contributed by atoms with E-state index in [2.05, 4.69) is 28.5 Å². The summed E-state index contributed by atoms with van der Waals surface area (Å²) < 4.78 is 1.89. The van der Waals surface area contributed by atoms with E-state index in [9.17, 15) is 0 Å². The summed E-state index contributed by atoms with van der Waals surface area (Å²) in [5.41, 5.74) is 9.78. The quantitative estimate of drug-likeness (QED) is 0.784. The van der Waals surface area contributed by atoms with Crippen molar-refractivity contribution in [1.82, 2.24) is 14.6 Å². The Morgan fingerprint density at radius 2 is 2.22 bits per heavy atom. The first kappa shape index (κ1) is 11.4. The largest absolute Gasteiger partial charge is 0.330 e. The van der Waals surface area contributed by atoms with Crippen molar-refractivity contribution in [2.24, 2.45) is 5.73 Å². The van der Waals surface area contributed by atoms with Gasteiger partial charge in [0.2, 0.25) is 0 Å². The van der Waals surface area contributed by atoms with Crippen LogP contribution < -0.4 is 5.73 Å². The zero-order valence-electron chi connectivity index (χ0n) is 10.1. The lowest BCUT2D eigenvalue weighted by Crippen LogP contribution is -2.06. The highest BCUT2D eigenvalue weighted by atomic mass is 32.1. The lowest BCUT2D eigenvalue weighted by molar-refractivity contribution is 0.830. The Labute approximate surface area is 109 Å². The van der Waals surface area contributed by atoms with Crippen LogP contribution in [0.5, 0.6) is 0 Å². The fourth-order valence-electron chi connectivity index (χ4n) is 2.00. The van der Waals surface area contributed by atoms with E-state index in [1.54, 1.807) is 11.3 Å². The van der Waals surface area contributed by atoms with Gasteiger partial charge in [0, 0.05) is 6.42 Å². The minimum Gasteiger partial charge on any atom is -0.330 e. The van der Waals surface area contributed by atoms with Crippen molar-refractivity contribution >= 4 is 17.0 Å². The molecule has 0 bridgehead atoms. The van der Waals surface area contributed by atoms with Crippen LogP contribution >= 0.6 is 11.3 Å². The minimum absolute atomic E-state index is 0.609. The van der Waals surface area contributed by atoms with E-state index in [1.165, 1.54) is 10.4 Å². The molecule has 0 aliphatic rings. The maximum Gasteiger partial charge on any atom is 0.153 e. The van der Waals surface area contributed by atoms with Gasteiger partial charge in [-0.3, -0.25) is 0 Å². The number of aromatic nitrogens is 3. The number of fused-ring (bicyclic) bond motifs is 1. The highest BCUT2D eigenvalue weighted by molar-refractivity contribution is 7.13. The lowest BCUT2D eigenvalue weighted by atomic mass is 10.2. The topological polar surface area (TPSA) is 56.2 Å². The van der Waals surface area contributed by atoms with E-state index in [4.69, 9.17) is 5.73 Å². The molecular formula is C13H14N4S. The van der Waals surface area contributed by atoms with Crippen LogP contribution in [0, 0.1) is 6.92 Å². The van der Waals surface area contributed by atoms with Crippen molar-refractivity contribution in [2.75, 3.05) is 6.54 Å². The molecule has 0 amide bonds. The predicted molar refractivity (Wildman–Crippen MR) is 73.8 cm³/mol. The fraction of sp³-hybridized carbons (Fsp3) is 0.231. The van der Waals surface area contributed by atoms with Gasteiger partial charge in [-0.1, -0.05) is 0 Å². The highest BCUT2D eigenvalue weighted by Crippen LogP contribution is 2.27. The van der Waals surface area contributed by atoms with Crippen LogP contribution in [0.3, 0.4) is 0 Å². The van der Waals surface area contributed by atoms with Crippen molar-refractivity contribution in [1.29, 1.82) is 0 Å². The minimum atomic E-state index is 0.609. The SMILES string of the molecule is Cc1ccsc1-c1ccc2ncc(CCN)n2n1. The predicted octanol–water partition coefficient (Wildman–Crippen LogP) is 2.27. The van der Waals surface area contributed by atoms with Crippen molar-refractivity contribution < 1.29 is 0 Å². The van der Waals surface area contributed by atoms with Crippen molar-refractivity contribution in [2.45, 2.75) is 13.3 Å². The normalized spacial score (nSPS) is 11.2. The summed E-state index contributed by atoms with van der Waals surface area (Å²) in [5, 5.41) is 6.75. The zero-order valence-corrected chi connectivity index (χ0v) is 10.9. The number of aryl methyl sites for hydroxylation is 1. The van der Waals surface area contributed by atoms with Crippen molar-refractivity contribution in [3.8, 4) is 10.6 Å². The number of nitrogens with zero attached hydrogens (tertiary/aromatic N) is 3. The number of imidazole rings is 1. The molecule has 2 N–H and O–H groups in total. The molecule has 3 aromatic heterocycles. The van der Waals surface area contributed by atoms with E-state index in [0.717, 1.165) is 23.5 Å². The molecule has 0 spiro atoms. The second-order valence-electron chi connectivity index (χ2n) is 4.21. The molecule has 0 fully saturated rings. The summed E-state index contributed by atoms with van der Waals surface area (Å²) in [4.78, 5) is 5.54. The Morgan fingerprint density at radius 3 is 2.94 bits per heavy atom. The lowest BCUT2D eigenvalue weighted by Gasteiger charge is -2.03. The third-order valence-corrected chi connectivity index (χ3v) is 3.97. The van der Waals surface area contributed by atoms with Gasteiger partial charge in [0.1, 0.15) is 5.69 Å². The smallest absolute Gasteiger partial charge is 0.153 e. The highest BCUT2D eigenvalue weighted by Gasteiger charge is 2.08. The standard InChI is InChI=1S/C13H14N4S/c1-9-5-7-18-13(9)11-2-3-12-15-8-10(4-6-14)17(12)16-11/h2-3,5,7-8H,4,6,14H2,1H3. The molecule has 3 rings (SSSR count). The first-order valence-corrected chi connectivity index (χ1v) is 6.76. The summed E-state index contributed by atoms with van der Waals surface area (Å²) >= 11 is 1.71. The molecule has 4 nitrogen and oxygen atoms in total. The molecule has 0 aromatic carbocycles. The fourth-order valence-corrected chi connectivity index (χ4v) is 2.89. The Bertz CT molecular complexity index is 683. The molecule has 0 unspecified atom stereocenters. The number of hydrogen-bond donors (Lipinski definition) is 1. The maximum absolute atomic E-state index is 5.60. The third-order valence-electron chi connectivity index (χ3n) is 2.93. The summed E-state index contributed by atoms with van der Waals surface area (Å²) in [6.07, 6.45) is 2.64. The molecule has 3 aromatic rings. The van der Waals surface area contributed by atoms with Gasteiger partial charge < -0.3 is 5.73 Å². The summed E-state index contributed by atoms with van der Waals surface area (Å²) in [7, 11) is 0. The number of nitrogens with two attached hydrogens (primary N) is 1. The number of thiophene rings is 1. The molecule has 0 atom stereocenters. The monoisotopic (exact) mass is 258 g/mol. The second kappa shape index (κ2) is 4.51. The Hall–Kier alpha value is -1.72. The van der Waals surface area contributed by atoms with E-state index >= 15 is 0 Å². The van der Waals surface area contributed by atoms with Gasteiger partial charge in [-0.05, 0) is 42.6 Å². The van der Waals surface area contributed by atoms with Crippen molar-refractivity contribution in [3.05, 3.63) is 41.0 Å². The number of hydrogen-bond acceptors (Lipinski definition) is 4. The summed E-state index contributed by atoms with van der Waals surface area (Å²) in [6.45, 7) is 2.71. The van der Waals surface area contributed by atoms with Gasteiger partial charge in [-0.15, -0.1) is 11.3 Å². The summed E-state index contributed by atoms with van der Waals surface area (Å²) in [6, 6.07) is 6.13. The van der Waals surface area contributed by atoms with Gasteiger partial charge in [0.25, 0.3) is 0 Å². The Kier molecular flexibility index (Phi) is 2.85. The molecule has 0 saturated heterocycles. The Morgan fingerprint density at radius 1 is 1.33 bits per heavy atom. The van der Waals surface area contributed by atoms with Gasteiger partial charge >= 0.3 is 0 Å². The van der Waals surface area contributed by atoms with Crippen LogP contribution in [0.25, 0.3) is 16.2 Å². The van der Waals surface area contributed by atoms with Crippen LogP contribution in [-0.2, 0) is 6.42 Å². The first-order valence-electron chi connectivity index (χ1n) is 5.88. The maximum atomic E-state index is 5.60. The molecule has 5 heteroatoms. The van der Waals surface area contributed by atoms with Crippen LogP contribution in [0.2, 0.25) is 0 Å². The van der Waals surface area contributed by atoms with Crippen LogP contribution in [0.1, 0.15) is 11.3 Å². The van der Waals surface area contributed by atoms with E-state index in [0.29, 0.717) is 6.54 Å². The zero-order chi connectivity index (χ0) is 12.5. The van der Waals surface area contributed by atoms with Gasteiger partial charge in [-0.2, -0.15) is 5.10 Å². The Balaban J connectivity index is 2.15. The molecular weight excluding hydrogens is 244 g/mol. The van der Waals surface area contributed by atoms with Crippen molar-refractivity contribution in [3.63, 3.8) is 0 Å². The van der Waals surface area contributed by atoms with E-state index < -0.39 is 0 Å². The molecule has 18 heavy (non-hydrogen) atoms. The molecule has 92 valence electrons. The van der Waals surface area contributed by atoms with Crippen LogP contribution in [0.15, 0.2) is 29.8 Å². The average molecular weight is 258 g/mol. The molecule has 0 aliphatic heterocycles. The van der Waals surface area contributed by atoms with Gasteiger partial charge in [0.05, 0.1) is 16.8 Å². The van der Waals surface area contributed by atoms with E-state index in [-0.39, 0.29) is 0 Å². The summed E-state index contributed by atoms with van der Waals surface area (Å²) in [5.74, 6) is 0. The molecule has 0 radical (unpaired) electrons.